The molecule has 0 unspecified atom stereocenters. The maximum Gasteiger partial charge on any atom is 0.180 e. The van der Waals surface area contributed by atoms with Crippen LogP contribution in [0.5, 0.6) is 0 Å². The lowest BCUT2D eigenvalue weighted by Crippen LogP contribution is -2.72. The summed E-state index contributed by atoms with van der Waals surface area (Å²) < 4.78 is 4.80. The van der Waals surface area contributed by atoms with Crippen molar-refractivity contribution in [3.63, 3.8) is 0 Å². The molecule has 3 heteroatoms. The molecule has 0 bridgehead atoms. The highest BCUT2D eigenvalue weighted by Crippen LogP contribution is 2.39. The third-order valence-corrected chi connectivity index (χ3v) is 18.5. The molecule has 10 aromatic carbocycles. The van der Waals surface area contributed by atoms with E-state index in [1.807, 2.05) is 0 Å². The summed E-state index contributed by atoms with van der Waals surface area (Å²) in [6.45, 7) is 0. The Hall–Kier alpha value is -7.98. The Balaban J connectivity index is 0.875. The van der Waals surface area contributed by atoms with Crippen molar-refractivity contribution in [2.45, 2.75) is 0 Å². The van der Waals surface area contributed by atoms with Crippen molar-refractivity contribution in [1.29, 1.82) is 0 Å². The first kappa shape index (κ1) is 35.7. The van der Waals surface area contributed by atoms with Gasteiger partial charge in [0.05, 0.1) is 22.1 Å². The molecule has 0 spiro atoms. The average Bonchev–Trinajstić information content (AvgIpc) is 3.99. The fourth-order valence-electron chi connectivity index (χ4n) is 10.9. The fraction of sp³-hybridized carbons (Fsp3) is 0. The summed E-state index contributed by atoms with van der Waals surface area (Å²) in [5.41, 5.74) is 14.8. The van der Waals surface area contributed by atoms with Gasteiger partial charge in [-0.2, -0.15) is 0 Å². The summed E-state index contributed by atoms with van der Waals surface area (Å²) in [4.78, 5) is 0. The number of rotatable bonds is 6. The number of hydrogen-bond acceptors (Lipinski definition) is 0. The second kappa shape index (κ2) is 14.0. The molecular formula is C60H40N2Si. The highest BCUT2D eigenvalue weighted by molar-refractivity contribution is 7.22. The Morgan fingerprint density at radius 1 is 0.254 bits per heavy atom. The molecule has 3 heterocycles. The van der Waals surface area contributed by atoms with Crippen LogP contribution in [0.2, 0.25) is 0 Å². The number of nitrogens with zero attached hydrogens (tertiary/aromatic N) is 2. The van der Waals surface area contributed by atoms with Gasteiger partial charge >= 0.3 is 0 Å². The summed E-state index contributed by atoms with van der Waals surface area (Å²) in [5.74, 6) is 0. The Morgan fingerprint density at radius 3 is 1.17 bits per heavy atom. The van der Waals surface area contributed by atoms with Crippen molar-refractivity contribution in [1.82, 2.24) is 9.13 Å². The molecule has 0 radical (unpaired) electrons. The minimum absolute atomic E-state index is 1.15. The van der Waals surface area contributed by atoms with E-state index in [-0.39, 0.29) is 0 Å². The van der Waals surface area contributed by atoms with Crippen molar-refractivity contribution in [3.8, 4) is 44.8 Å². The van der Waals surface area contributed by atoms with E-state index in [4.69, 9.17) is 0 Å². The third kappa shape index (κ3) is 5.30. The van der Waals surface area contributed by atoms with Crippen LogP contribution < -0.4 is 20.7 Å². The molecule has 1 aliphatic rings. The lowest BCUT2D eigenvalue weighted by atomic mass is 10.0. The van der Waals surface area contributed by atoms with Gasteiger partial charge in [-0.1, -0.05) is 182 Å². The zero-order chi connectivity index (χ0) is 41.5. The van der Waals surface area contributed by atoms with E-state index in [1.54, 1.807) is 0 Å². The molecule has 294 valence electrons. The van der Waals surface area contributed by atoms with Crippen LogP contribution in [0.4, 0.5) is 0 Å². The molecule has 2 nitrogen and oxygen atoms in total. The molecule has 0 N–H and O–H groups in total. The van der Waals surface area contributed by atoms with E-state index in [2.05, 4.69) is 252 Å². The second-order valence-corrected chi connectivity index (χ2v) is 20.6. The van der Waals surface area contributed by atoms with Crippen molar-refractivity contribution >= 4 is 72.4 Å². The quantitative estimate of drug-likeness (QED) is 0.148. The van der Waals surface area contributed by atoms with E-state index in [0.29, 0.717) is 0 Å². The number of benzene rings is 10. The number of aromatic nitrogens is 2. The predicted octanol–water partition coefficient (Wildman–Crippen LogP) is 12.6. The number of hydrogen-bond donors (Lipinski definition) is 0. The highest BCUT2D eigenvalue weighted by Gasteiger charge is 2.48. The monoisotopic (exact) mass is 816 g/mol. The Kier molecular flexibility index (Phi) is 7.96. The average molecular weight is 817 g/mol. The highest BCUT2D eigenvalue weighted by atomic mass is 28.3. The van der Waals surface area contributed by atoms with E-state index >= 15 is 0 Å². The normalized spacial score (nSPS) is 12.9. The van der Waals surface area contributed by atoms with Gasteiger partial charge in [0, 0.05) is 32.9 Å². The van der Waals surface area contributed by atoms with Gasteiger partial charge in [0.2, 0.25) is 0 Å². The topological polar surface area (TPSA) is 9.86 Å². The van der Waals surface area contributed by atoms with Crippen LogP contribution in [0.25, 0.3) is 88.4 Å². The summed E-state index contributed by atoms with van der Waals surface area (Å²) in [5, 5.41) is 10.8. The van der Waals surface area contributed by atoms with Gasteiger partial charge in [-0.15, -0.1) is 0 Å². The van der Waals surface area contributed by atoms with Crippen molar-refractivity contribution in [2.75, 3.05) is 0 Å². The second-order valence-electron chi connectivity index (χ2n) is 16.8. The van der Waals surface area contributed by atoms with Crippen LogP contribution in [0.3, 0.4) is 0 Å². The lowest BCUT2D eigenvalue weighted by molar-refractivity contribution is 1.18. The molecular weight excluding hydrogens is 777 g/mol. The Morgan fingerprint density at radius 2 is 0.635 bits per heavy atom. The van der Waals surface area contributed by atoms with Crippen molar-refractivity contribution < 1.29 is 0 Å². The molecule has 0 amide bonds. The first-order chi connectivity index (χ1) is 31.3. The molecule has 63 heavy (non-hydrogen) atoms. The van der Waals surface area contributed by atoms with Gasteiger partial charge in [0.25, 0.3) is 0 Å². The zero-order valence-electron chi connectivity index (χ0n) is 34.5. The number of para-hydroxylation sites is 3. The predicted molar refractivity (Wildman–Crippen MR) is 269 cm³/mol. The van der Waals surface area contributed by atoms with Gasteiger partial charge in [0.1, 0.15) is 0 Å². The Bertz CT molecular complexity index is 3660. The van der Waals surface area contributed by atoms with Crippen LogP contribution >= 0.6 is 0 Å². The van der Waals surface area contributed by atoms with Gasteiger partial charge < -0.3 is 9.13 Å². The van der Waals surface area contributed by atoms with Crippen molar-refractivity contribution in [3.05, 3.63) is 243 Å². The van der Waals surface area contributed by atoms with Gasteiger partial charge in [0.15, 0.2) is 8.07 Å². The van der Waals surface area contributed by atoms with Crippen molar-refractivity contribution in [2.24, 2.45) is 0 Å². The van der Waals surface area contributed by atoms with Crippen LogP contribution in [-0.4, -0.2) is 17.2 Å². The van der Waals surface area contributed by atoms with Gasteiger partial charge in [-0.3, -0.25) is 0 Å². The number of fused-ring (bicyclic) bond motifs is 9. The summed E-state index contributed by atoms with van der Waals surface area (Å²) in [6, 6.07) is 90.2. The molecule has 13 rings (SSSR count). The minimum Gasteiger partial charge on any atom is -0.309 e. The molecule has 2 aromatic heterocycles. The Labute approximate surface area is 367 Å². The van der Waals surface area contributed by atoms with Crippen LogP contribution in [-0.2, 0) is 0 Å². The van der Waals surface area contributed by atoms with E-state index in [1.165, 1.54) is 103 Å². The molecule has 1 aliphatic heterocycles. The van der Waals surface area contributed by atoms with E-state index in [9.17, 15) is 0 Å². The van der Waals surface area contributed by atoms with Crippen LogP contribution in [0.15, 0.2) is 243 Å². The first-order valence-electron chi connectivity index (χ1n) is 21.8. The third-order valence-electron chi connectivity index (χ3n) is 13.6. The largest absolute Gasteiger partial charge is 0.309 e. The van der Waals surface area contributed by atoms with Gasteiger partial charge in [-0.05, 0) is 115 Å². The fourth-order valence-corrected chi connectivity index (χ4v) is 16.0. The molecule has 0 aliphatic carbocycles. The summed E-state index contributed by atoms with van der Waals surface area (Å²) in [7, 11) is -2.51. The SMILES string of the molecule is c1ccc(-n2c3ccccc3c3cc(-c4ccc5c(c4)c4ccccc4n5-c4ccc(-c5ccc([Si]6(c7ccccc7)c7ccccc7-c7ccccc76)cc5)cc4)ccc32)cc1. The van der Waals surface area contributed by atoms with E-state index in [0.717, 1.165) is 5.69 Å². The van der Waals surface area contributed by atoms with Gasteiger partial charge in [-0.25, -0.2) is 0 Å². The molecule has 12 aromatic rings. The zero-order valence-corrected chi connectivity index (χ0v) is 35.5. The van der Waals surface area contributed by atoms with E-state index < -0.39 is 8.07 Å². The summed E-state index contributed by atoms with van der Waals surface area (Å²) in [6.07, 6.45) is 0. The maximum absolute atomic E-state index is 2.51. The first-order valence-corrected chi connectivity index (χ1v) is 23.8. The maximum atomic E-state index is 2.42. The molecule has 0 atom stereocenters. The smallest absolute Gasteiger partial charge is 0.180 e. The van der Waals surface area contributed by atoms with Crippen LogP contribution in [0, 0.1) is 0 Å². The molecule has 0 saturated carbocycles. The van der Waals surface area contributed by atoms with Crippen LogP contribution in [0.1, 0.15) is 0 Å². The lowest BCUT2D eigenvalue weighted by Gasteiger charge is -2.31. The standard InChI is InChI=1S/C60H40N2Si/c1-3-15-45(16-4-1)61-55-23-11-7-19-49(55)53-39-43(31-37-57(53)61)44-32-38-58-54(40-44)50-20-8-12-24-56(50)62(58)46-33-27-41(28-34-46)42-29-35-48(36-30-42)63(47-17-5-2-6-18-47)59-25-13-9-21-51(59)52-22-10-14-26-60(52)63/h1-40H. The minimum atomic E-state index is -2.51. The molecule has 0 fully saturated rings. The molecule has 0 saturated heterocycles. The summed E-state index contributed by atoms with van der Waals surface area (Å²) >= 11 is 0.